The number of hydrogen-bond donors (Lipinski definition) is 1. The molecule has 7 heteroatoms. The summed E-state index contributed by atoms with van der Waals surface area (Å²) in [7, 11) is 0. The molecule has 0 saturated heterocycles. The van der Waals surface area contributed by atoms with Crippen molar-refractivity contribution < 1.29 is 13.2 Å². The van der Waals surface area contributed by atoms with Crippen LogP contribution in [-0.4, -0.2) is 20.5 Å². The second-order valence-corrected chi connectivity index (χ2v) is 4.63. The molecule has 0 amide bonds. The van der Waals surface area contributed by atoms with Crippen LogP contribution in [0.4, 0.5) is 19.1 Å². The fourth-order valence-electron chi connectivity index (χ4n) is 2.48. The van der Waals surface area contributed by atoms with E-state index in [0.29, 0.717) is 12.1 Å². The summed E-state index contributed by atoms with van der Waals surface area (Å²) in [5.41, 5.74) is 6.04. The summed E-state index contributed by atoms with van der Waals surface area (Å²) in [5, 5.41) is 3.89. The minimum absolute atomic E-state index is 0.0101. The van der Waals surface area contributed by atoms with Crippen molar-refractivity contribution in [1.82, 2.24) is 14.6 Å². The summed E-state index contributed by atoms with van der Waals surface area (Å²) in [6.07, 6.45) is 1.13. The molecule has 0 radical (unpaired) electrons. The van der Waals surface area contributed by atoms with Crippen LogP contribution in [0.3, 0.4) is 0 Å². The Morgan fingerprint density at radius 3 is 2.89 bits per heavy atom. The quantitative estimate of drug-likeness (QED) is 0.852. The van der Waals surface area contributed by atoms with Crippen molar-refractivity contribution in [3.63, 3.8) is 0 Å². The van der Waals surface area contributed by atoms with E-state index in [4.69, 9.17) is 5.73 Å². The number of nitrogen functional groups attached to an aromatic ring is 1. The summed E-state index contributed by atoms with van der Waals surface area (Å²) in [5.74, 6) is -3.60. The van der Waals surface area contributed by atoms with E-state index in [2.05, 4.69) is 10.1 Å². The number of halogens is 3. The summed E-state index contributed by atoms with van der Waals surface area (Å²) in [6.45, 7) is 0. The molecule has 1 unspecified atom stereocenters. The van der Waals surface area contributed by atoms with Gasteiger partial charge in [-0.2, -0.15) is 0 Å². The SMILES string of the molecule is Nc1ncc2c(F)cc(C3CCC(F)(F)C3)n2n1. The molecule has 2 aromatic heterocycles. The zero-order valence-electron chi connectivity index (χ0n) is 9.41. The molecule has 2 N–H and O–H groups in total. The third-order valence-electron chi connectivity index (χ3n) is 3.34. The van der Waals surface area contributed by atoms with Crippen LogP contribution in [0.25, 0.3) is 5.52 Å². The molecule has 18 heavy (non-hydrogen) atoms. The molecule has 1 atom stereocenters. The van der Waals surface area contributed by atoms with Crippen molar-refractivity contribution >= 4 is 11.5 Å². The van der Waals surface area contributed by atoms with Crippen molar-refractivity contribution in [3.8, 4) is 0 Å². The van der Waals surface area contributed by atoms with E-state index in [0.717, 1.165) is 0 Å². The number of nitrogens with two attached hydrogens (primary N) is 1. The number of anilines is 1. The van der Waals surface area contributed by atoms with E-state index in [-0.39, 0.29) is 24.3 Å². The van der Waals surface area contributed by atoms with Gasteiger partial charge >= 0.3 is 0 Å². The molecular formula is C11H11F3N4. The predicted octanol–water partition coefficient (Wildman–Crippen LogP) is 2.35. The van der Waals surface area contributed by atoms with Crippen LogP contribution in [0, 0.1) is 5.82 Å². The van der Waals surface area contributed by atoms with Crippen LogP contribution in [0.2, 0.25) is 0 Å². The molecule has 2 aromatic rings. The zero-order chi connectivity index (χ0) is 12.9. The molecule has 1 aliphatic rings. The van der Waals surface area contributed by atoms with Crippen LogP contribution < -0.4 is 5.73 Å². The molecule has 1 saturated carbocycles. The van der Waals surface area contributed by atoms with Crippen LogP contribution in [0.15, 0.2) is 12.3 Å². The van der Waals surface area contributed by atoms with Crippen molar-refractivity contribution in [1.29, 1.82) is 0 Å². The smallest absolute Gasteiger partial charge is 0.248 e. The molecular weight excluding hydrogens is 245 g/mol. The maximum atomic E-state index is 13.7. The second kappa shape index (κ2) is 3.60. The molecule has 0 bridgehead atoms. The van der Waals surface area contributed by atoms with Gasteiger partial charge in [-0.15, -0.1) is 5.10 Å². The van der Waals surface area contributed by atoms with E-state index < -0.39 is 17.7 Å². The first kappa shape index (κ1) is 11.3. The minimum atomic E-state index is -2.68. The lowest BCUT2D eigenvalue weighted by molar-refractivity contribution is 0.00762. The molecule has 4 nitrogen and oxygen atoms in total. The highest BCUT2D eigenvalue weighted by molar-refractivity contribution is 5.50. The van der Waals surface area contributed by atoms with Crippen LogP contribution >= 0.6 is 0 Å². The lowest BCUT2D eigenvalue weighted by Crippen LogP contribution is -2.10. The Balaban J connectivity index is 2.10. The standard InChI is InChI=1S/C11H11F3N4/c12-7-3-8(6-1-2-11(13,14)4-6)18-9(7)5-16-10(15)17-18/h3,5-6H,1-2,4H2,(H2,15,17). The van der Waals surface area contributed by atoms with Crippen molar-refractivity contribution in [2.45, 2.75) is 31.1 Å². The summed E-state index contributed by atoms with van der Waals surface area (Å²) < 4.78 is 41.3. The van der Waals surface area contributed by atoms with E-state index >= 15 is 0 Å². The number of aromatic nitrogens is 3. The van der Waals surface area contributed by atoms with Crippen LogP contribution in [0.1, 0.15) is 30.9 Å². The van der Waals surface area contributed by atoms with Gasteiger partial charge in [0.15, 0.2) is 5.82 Å². The average molecular weight is 256 g/mol. The highest BCUT2D eigenvalue weighted by Crippen LogP contribution is 2.44. The molecule has 0 aliphatic heterocycles. The molecule has 1 fully saturated rings. The summed E-state index contributed by atoms with van der Waals surface area (Å²) in [6, 6.07) is 1.25. The third-order valence-corrected chi connectivity index (χ3v) is 3.34. The molecule has 0 spiro atoms. The first-order valence-electron chi connectivity index (χ1n) is 5.64. The van der Waals surface area contributed by atoms with Gasteiger partial charge in [0, 0.05) is 24.5 Å². The summed E-state index contributed by atoms with van der Waals surface area (Å²) >= 11 is 0. The van der Waals surface area contributed by atoms with Crippen LogP contribution in [0.5, 0.6) is 0 Å². The van der Waals surface area contributed by atoms with Crippen molar-refractivity contribution in [2.75, 3.05) is 5.73 Å². The molecule has 3 rings (SSSR count). The second-order valence-electron chi connectivity index (χ2n) is 4.63. The van der Waals surface area contributed by atoms with Gasteiger partial charge in [0.1, 0.15) is 5.52 Å². The van der Waals surface area contributed by atoms with Crippen molar-refractivity contribution in [3.05, 3.63) is 23.8 Å². The first-order chi connectivity index (χ1) is 8.46. The Labute approximate surface area is 101 Å². The monoisotopic (exact) mass is 256 g/mol. The highest BCUT2D eigenvalue weighted by atomic mass is 19.3. The van der Waals surface area contributed by atoms with Gasteiger partial charge in [0.25, 0.3) is 0 Å². The number of fused-ring (bicyclic) bond motifs is 1. The molecule has 0 aromatic carbocycles. The number of hydrogen-bond acceptors (Lipinski definition) is 3. The van der Waals surface area contributed by atoms with E-state index in [1.54, 1.807) is 0 Å². The van der Waals surface area contributed by atoms with E-state index in [1.165, 1.54) is 16.8 Å². The number of nitrogens with zero attached hydrogens (tertiary/aromatic N) is 3. The predicted molar refractivity (Wildman–Crippen MR) is 58.9 cm³/mol. The third kappa shape index (κ3) is 1.70. The Morgan fingerprint density at radius 2 is 2.22 bits per heavy atom. The normalized spacial score (nSPS) is 22.7. The Morgan fingerprint density at radius 1 is 1.44 bits per heavy atom. The molecule has 1 aliphatic carbocycles. The van der Waals surface area contributed by atoms with Gasteiger partial charge in [0.05, 0.1) is 6.20 Å². The number of rotatable bonds is 1. The Hall–Kier alpha value is -1.79. The minimum Gasteiger partial charge on any atom is -0.367 e. The van der Waals surface area contributed by atoms with Gasteiger partial charge < -0.3 is 5.73 Å². The van der Waals surface area contributed by atoms with Crippen LogP contribution in [-0.2, 0) is 0 Å². The highest BCUT2D eigenvalue weighted by Gasteiger charge is 2.41. The van der Waals surface area contributed by atoms with Gasteiger partial charge in [0.2, 0.25) is 11.9 Å². The maximum Gasteiger partial charge on any atom is 0.248 e. The van der Waals surface area contributed by atoms with Gasteiger partial charge in [-0.25, -0.2) is 22.7 Å². The largest absolute Gasteiger partial charge is 0.367 e. The number of alkyl halides is 2. The lowest BCUT2D eigenvalue weighted by atomic mass is 10.0. The van der Waals surface area contributed by atoms with Gasteiger partial charge in [-0.1, -0.05) is 0 Å². The fourth-order valence-corrected chi connectivity index (χ4v) is 2.48. The Bertz CT molecular complexity index is 608. The average Bonchev–Trinajstić information content (AvgIpc) is 2.80. The Kier molecular flexibility index (Phi) is 2.26. The maximum absolute atomic E-state index is 13.7. The fraction of sp³-hybridized carbons (Fsp3) is 0.455. The summed E-state index contributed by atoms with van der Waals surface area (Å²) in [4.78, 5) is 3.69. The van der Waals surface area contributed by atoms with Gasteiger partial charge in [-0.3, -0.25) is 0 Å². The van der Waals surface area contributed by atoms with Crippen molar-refractivity contribution in [2.24, 2.45) is 0 Å². The van der Waals surface area contributed by atoms with E-state index in [9.17, 15) is 13.2 Å². The molecule has 96 valence electrons. The zero-order valence-corrected chi connectivity index (χ0v) is 9.41. The topological polar surface area (TPSA) is 56.2 Å². The molecule has 2 heterocycles. The van der Waals surface area contributed by atoms with Gasteiger partial charge in [-0.05, 0) is 12.5 Å². The van der Waals surface area contributed by atoms with E-state index in [1.807, 2.05) is 0 Å². The lowest BCUT2D eigenvalue weighted by Gasteiger charge is -2.10. The first-order valence-corrected chi connectivity index (χ1v) is 5.64.